The smallest absolute Gasteiger partial charge is 0.264 e. The van der Waals surface area contributed by atoms with Gasteiger partial charge in [-0.2, -0.15) is 0 Å². The number of pyridine rings is 1. The molecule has 1 rings (SSSR count). The van der Waals surface area contributed by atoms with Gasteiger partial charge in [0.05, 0.1) is 16.2 Å². The molecule has 0 aliphatic heterocycles. The molecule has 0 spiro atoms. The molecule has 0 fully saturated rings. The minimum atomic E-state index is -0.518. The fourth-order valence-electron chi connectivity index (χ4n) is 1.42. The Balaban J connectivity index is 0.00000289. The van der Waals surface area contributed by atoms with Crippen LogP contribution >= 0.6 is 28.3 Å². The Bertz CT molecular complexity index is 450. The number of carbonyl (C=O) groups is 1. The van der Waals surface area contributed by atoms with E-state index in [1.54, 1.807) is 19.3 Å². The molecule has 1 aromatic heterocycles. The van der Waals surface area contributed by atoms with Gasteiger partial charge in [-0.25, -0.2) is 0 Å². The van der Waals surface area contributed by atoms with Crippen LogP contribution in [-0.4, -0.2) is 16.5 Å². The Morgan fingerprint density at radius 2 is 2.22 bits per heavy atom. The molecule has 1 atom stereocenters. The van der Waals surface area contributed by atoms with Gasteiger partial charge in [0.1, 0.15) is 0 Å². The van der Waals surface area contributed by atoms with Gasteiger partial charge in [0, 0.05) is 13.2 Å². The molecule has 18 heavy (non-hydrogen) atoms. The lowest BCUT2D eigenvalue weighted by Crippen LogP contribution is -2.35. The number of aryl methyl sites for hydroxylation is 1. The van der Waals surface area contributed by atoms with Crippen molar-refractivity contribution in [1.82, 2.24) is 4.57 Å². The minimum absolute atomic E-state index is 0. The van der Waals surface area contributed by atoms with Crippen molar-refractivity contribution in [3.8, 4) is 0 Å². The number of nitrogens with two attached hydrogens (primary N) is 1. The minimum Gasteiger partial charge on any atom is -0.323 e. The van der Waals surface area contributed by atoms with E-state index in [9.17, 15) is 9.59 Å². The molecule has 1 amide bonds. The number of halogens is 2. The van der Waals surface area contributed by atoms with Crippen molar-refractivity contribution in [2.24, 2.45) is 12.8 Å². The van der Waals surface area contributed by atoms with Gasteiger partial charge >= 0.3 is 0 Å². The van der Waals surface area contributed by atoms with Crippen molar-refractivity contribution in [3.05, 3.63) is 27.1 Å². The Morgan fingerprint density at radius 1 is 1.61 bits per heavy atom. The first-order valence-corrected chi connectivity index (χ1v) is 6.17. The first-order valence-electron chi connectivity index (χ1n) is 5.38. The Morgan fingerprint density at radius 3 is 2.72 bits per heavy atom. The summed E-state index contributed by atoms with van der Waals surface area (Å²) >= 11 is 3.14. The average molecular weight is 339 g/mol. The average Bonchev–Trinajstić information content (AvgIpc) is 2.26. The lowest BCUT2D eigenvalue weighted by Gasteiger charge is -2.12. The molecule has 0 aliphatic carbocycles. The molecule has 0 radical (unpaired) electrons. The van der Waals surface area contributed by atoms with E-state index in [4.69, 9.17) is 5.73 Å². The van der Waals surface area contributed by atoms with Gasteiger partial charge in [0.25, 0.3) is 5.56 Å². The molecule has 1 unspecified atom stereocenters. The van der Waals surface area contributed by atoms with E-state index >= 15 is 0 Å². The molecular weight excluding hydrogens is 321 g/mol. The molecule has 1 aromatic rings. The first-order chi connectivity index (χ1) is 7.95. The highest BCUT2D eigenvalue weighted by Crippen LogP contribution is 2.11. The van der Waals surface area contributed by atoms with Crippen LogP contribution in [0.1, 0.15) is 19.8 Å². The highest BCUT2D eigenvalue weighted by molar-refractivity contribution is 9.10. The molecular formula is C11H17BrClN3O2. The van der Waals surface area contributed by atoms with Crippen LogP contribution in [-0.2, 0) is 11.8 Å². The van der Waals surface area contributed by atoms with Crippen LogP contribution in [0.15, 0.2) is 21.5 Å². The van der Waals surface area contributed by atoms with Gasteiger partial charge in [-0.05, 0) is 28.4 Å². The van der Waals surface area contributed by atoms with Crippen molar-refractivity contribution in [2.75, 3.05) is 5.32 Å². The third-order valence-corrected chi connectivity index (χ3v) is 2.91. The lowest BCUT2D eigenvalue weighted by atomic mass is 10.1. The quantitative estimate of drug-likeness (QED) is 0.876. The summed E-state index contributed by atoms with van der Waals surface area (Å²) in [7, 11) is 1.62. The Labute approximate surface area is 120 Å². The fraction of sp³-hybridized carbons (Fsp3) is 0.455. The van der Waals surface area contributed by atoms with Crippen LogP contribution in [0, 0.1) is 0 Å². The predicted molar refractivity (Wildman–Crippen MR) is 78.1 cm³/mol. The summed E-state index contributed by atoms with van der Waals surface area (Å²) < 4.78 is 1.80. The van der Waals surface area contributed by atoms with Crippen LogP contribution in [0.2, 0.25) is 0 Å². The van der Waals surface area contributed by atoms with Gasteiger partial charge in [-0.1, -0.05) is 13.3 Å². The zero-order valence-electron chi connectivity index (χ0n) is 10.3. The van der Waals surface area contributed by atoms with Crippen LogP contribution in [0.25, 0.3) is 0 Å². The highest BCUT2D eigenvalue weighted by Gasteiger charge is 2.13. The number of carbonyl (C=O) groups excluding carboxylic acids is 1. The summed E-state index contributed by atoms with van der Waals surface area (Å²) in [6.07, 6.45) is 3.05. The second-order valence-electron chi connectivity index (χ2n) is 3.88. The topological polar surface area (TPSA) is 77.1 Å². The molecule has 102 valence electrons. The molecule has 0 aromatic carbocycles. The highest BCUT2D eigenvalue weighted by atomic mass is 79.9. The Hall–Kier alpha value is -0.850. The fourth-order valence-corrected chi connectivity index (χ4v) is 1.94. The largest absolute Gasteiger partial charge is 0.323 e. The molecule has 5 nitrogen and oxygen atoms in total. The molecule has 0 aliphatic rings. The SMILES string of the molecule is CCCC(N)C(=O)Nc1cc(Br)c(=O)n(C)c1.Cl. The molecule has 0 saturated carbocycles. The number of hydrogen-bond acceptors (Lipinski definition) is 3. The van der Waals surface area contributed by atoms with Crippen LogP contribution in [0.5, 0.6) is 0 Å². The zero-order chi connectivity index (χ0) is 13.0. The maximum absolute atomic E-state index is 11.7. The van der Waals surface area contributed by atoms with Gasteiger partial charge in [-0.3, -0.25) is 9.59 Å². The predicted octanol–water partition coefficient (Wildman–Crippen LogP) is 1.64. The molecule has 3 N–H and O–H groups in total. The number of amides is 1. The Kier molecular flexibility index (Phi) is 7.20. The van der Waals surface area contributed by atoms with Gasteiger partial charge in [-0.15, -0.1) is 12.4 Å². The van der Waals surface area contributed by atoms with Crippen LogP contribution in [0.4, 0.5) is 5.69 Å². The summed E-state index contributed by atoms with van der Waals surface area (Å²) in [5.74, 6) is -0.239. The normalized spacial score (nSPS) is 11.6. The molecule has 0 bridgehead atoms. The summed E-state index contributed by atoms with van der Waals surface area (Å²) in [5, 5.41) is 2.68. The molecule has 1 heterocycles. The second kappa shape index (κ2) is 7.56. The zero-order valence-corrected chi connectivity index (χ0v) is 12.7. The van der Waals surface area contributed by atoms with Crippen LogP contribution < -0.4 is 16.6 Å². The maximum Gasteiger partial charge on any atom is 0.264 e. The molecule has 7 heteroatoms. The summed E-state index contributed by atoms with van der Waals surface area (Å²) in [6, 6.07) is 1.05. The number of rotatable bonds is 4. The third-order valence-electron chi connectivity index (χ3n) is 2.34. The van der Waals surface area contributed by atoms with Crippen molar-refractivity contribution in [2.45, 2.75) is 25.8 Å². The number of aromatic nitrogens is 1. The summed E-state index contributed by atoms with van der Waals surface area (Å²) in [6.45, 7) is 1.97. The third kappa shape index (κ3) is 4.44. The van der Waals surface area contributed by atoms with Gasteiger partial charge in [0.2, 0.25) is 5.91 Å². The first kappa shape index (κ1) is 17.2. The van der Waals surface area contributed by atoms with Crippen molar-refractivity contribution in [3.63, 3.8) is 0 Å². The van der Waals surface area contributed by atoms with E-state index in [1.165, 1.54) is 4.57 Å². The number of nitrogens with one attached hydrogen (secondary N) is 1. The number of nitrogens with zero attached hydrogens (tertiary/aromatic N) is 1. The monoisotopic (exact) mass is 337 g/mol. The number of hydrogen-bond donors (Lipinski definition) is 2. The summed E-state index contributed by atoms with van der Waals surface area (Å²) in [5.41, 5.74) is 6.09. The van der Waals surface area contributed by atoms with Gasteiger partial charge in [0.15, 0.2) is 0 Å². The standard InChI is InChI=1S/C11H16BrN3O2.ClH/c1-3-4-9(13)10(16)14-7-5-8(12)11(17)15(2)6-7;/h5-6,9H,3-4,13H2,1-2H3,(H,14,16);1H. The molecule has 0 saturated heterocycles. The summed E-state index contributed by atoms with van der Waals surface area (Å²) in [4.78, 5) is 23.1. The van der Waals surface area contributed by atoms with Crippen molar-refractivity contribution < 1.29 is 4.79 Å². The van der Waals surface area contributed by atoms with Crippen molar-refractivity contribution in [1.29, 1.82) is 0 Å². The van der Waals surface area contributed by atoms with Gasteiger partial charge < -0.3 is 15.6 Å². The van der Waals surface area contributed by atoms with E-state index in [2.05, 4.69) is 21.2 Å². The van der Waals surface area contributed by atoms with E-state index in [0.29, 0.717) is 16.6 Å². The maximum atomic E-state index is 11.7. The van der Waals surface area contributed by atoms with Crippen molar-refractivity contribution >= 4 is 39.9 Å². The van der Waals surface area contributed by atoms with E-state index in [1.807, 2.05) is 6.92 Å². The van der Waals surface area contributed by atoms with E-state index in [-0.39, 0.29) is 23.9 Å². The number of anilines is 1. The van der Waals surface area contributed by atoms with Crippen LogP contribution in [0.3, 0.4) is 0 Å². The second-order valence-corrected chi connectivity index (χ2v) is 4.73. The van der Waals surface area contributed by atoms with E-state index in [0.717, 1.165) is 6.42 Å². The lowest BCUT2D eigenvalue weighted by molar-refractivity contribution is -0.117. The van der Waals surface area contributed by atoms with E-state index < -0.39 is 6.04 Å².